The van der Waals surface area contributed by atoms with Crippen LogP contribution < -0.4 is 5.32 Å². The number of carbonyl (C=O) groups excluding carboxylic acids is 2. The molecule has 0 radical (unpaired) electrons. The summed E-state index contributed by atoms with van der Waals surface area (Å²) in [4.78, 5) is 23.6. The Balaban J connectivity index is 2.34. The van der Waals surface area contributed by atoms with E-state index >= 15 is 0 Å². The molecule has 1 fully saturated rings. The summed E-state index contributed by atoms with van der Waals surface area (Å²) in [5.41, 5.74) is 0. The van der Waals surface area contributed by atoms with Crippen LogP contribution in [0.1, 0.15) is 6.42 Å². The fourth-order valence-electron chi connectivity index (χ4n) is 1.56. The number of amides is 2. The monoisotopic (exact) mass is 254 g/mol. The zero-order valence-corrected chi connectivity index (χ0v) is 8.96. The van der Waals surface area contributed by atoms with Gasteiger partial charge in [0, 0.05) is 25.5 Å². The summed E-state index contributed by atoms with van der Waals surface area (Å²) in [7, 11) is 0. The van der Waals surface area contributed by atoms with Gasteiger partial charge in [-0.25, -0.2) is 0 Å². The number of hydrogen-bond acceptors (Lipinski definition) is 3. The van der Waals surface area contributed by atoms with Gasteiger partial charge in [0.25, 0.3) is 0 Å². The van der Waals surface area contributed by atoms with Gasteiger partial charge >= 0.3 is 6.18 Å². The second kappa shape index (κ2) is 5.35. The van der Waals surface area contributed by atoms with E-state index in [0.717, 1.165) is 4.90 Å². The average molecular weight is 254 g/mol. The summed E-state index contributed by atoms with van der Waals surface area (Å²) in [6.07, 6.45) is -4.33. The first-order chi connectivity index (χ1) is 7.81. The molecule has 0 saturated carbocycles. The Labute approximate surface area is 95.6 Å². The number of aliphatic hydroxyl groups excluding tert-OH is 1. The molecule has 0 aromatic heterocycles. The van der Waals surface area contributed by atoms with Crippen LogP contribution >= 0.6 is 0 Å². The van der Waals surface area contributed by atoms with Crippen molar-refractivity contribution in [2.45, 2.75) is 12.6 Å². The minimum Gasteiger partial charge on any atom is -0.396 e. The molecule has 2 N–H and O–H groups in total. The van der Waals surface area contributed by atoms with Crippen LogP contribution in [0, 0.1) is 5.92 Å². The minimum absolute atomic E-state index is 0.128. The lowest BCUT2D eigenvalue weighted by Crippen LogP contribution is -2.41. The van der Waals surface area contributed by atoms with Crippen molar-refractivity contribution in [3.8, 4) is 0 Å². The molecule has 1 aliphatic heterocycles. The number of alkyl halides is 3. The van der Waals surface area contributed by atoms with Crippen molar-refractivity contribution in [2.75, 3.05) is 26.2 Å². The highest BCUT2D eigenvalue weighted by Gasteiger charge is 2.32. The van der Waals surface area contributed by atoms with Crippen LogP contribution in [0.15, 0.2) is 0 Å². The normalized spacial score (nSPS) is 20.8. The van der Waals surface area contributed by atoms with E-state index in [-0.39, 0.29) is 31.4 Å². The van der Waals surface area contributed by atoms with Crippen molar-refractivity contribution >= 4 is 11.8 Å². The Bertz CT molecular complexity index is 306. The first-order valence-electron chi connectivity index (χ1n) is 5.04. The van der Waals surface area contributed by atoms with E-state index in [1.807, 2.05) is 0 Å². The molecular formula is C9H13F3N2O3. The quantitative estimate of drug-likeness (QED) is 0.711. The maximum atomic E-state index is 11.8. The number of likely N-dealkylation sites (tertiary alicyclic amines) is 1. The molecule has 1 unspecified atom stereocenters. The Kier molecular flexibility index (Phi) is 4.33. The zero-order valence-electron chi connectivity index (χ0n) is 8.96. The van der Waals surface area contributed by atoms with Gasteiger partial charge in [0.15, 0.2) is 0 Å². The number of hydrogen-bond donors (Lipinski definition) is 2. The molecule has 0 spiro atoms. The van der Waals surface area contributed by atoms with E-state index in [1.165, 1.54) is 0 Å². The highest BCUT2D eigenvalue weighted by atomic mass is 19.4. The molecule has 1 heterocycles. The summed E-state index contributed by atoms with van der Waals surface area (Å²) in [5.74, 6) is -1.42. The number of carbonyl (C=O) groups is 2. The van der Waals surface area contributed by atoms with Gasteiger partial charge in [-0.15, -0.1) is 0 Å². The van der Waals surface area contributed by atoms with Crippen LogP contribution in [0.3, 0.4) is 0 Å². The van der Waals surface area contributed by atoms with Gasteiger partial charge in [0.1, 0.15) is 6.54 Å². The first kappa shape index (κ1) is 13.8. The molecule has 5 nitrogen and oxygen atoms in total. The van der Waals surface area contributed by atoms with E-state index in [9.17, 15) is 22.8 Å². The van der Waals surface area contributed by atoms with Crippen molar-refractivity contribution in [1.29, 1.82) is 0 Å². The number of halogens is 3. The largest absolute Gasteiger partial charge is 0.405 e. The SMILES string of the molecule is O=C(CN1CC(CO)CC1=O)NCC(F)(F)F. The van der Waals surface area contributed by atoms with Crippen LogP contribution in [0.25, 0.3) is 0 Å². The zero-order chi connectivity index (χ0) is 13.1. The van der Waals surface area contributed by atoms with Crippen molar-refractivity contribution in [1.82, 2.24) is 10.2 Å². The third kappa shape index (κ3) is 4.59. The molecule has 1 atom stereocenters. The lowest BCUT2D eigenvalue weighted by molar-refractivity contribution is -0.141. The van der Waals surface area contributed by atoms with E-state index in [0.29, 0.717) is 0 Å². The standard InChI is InChI=1S/C9H13F3N2O3/c10-9(11,12)5-13-7(16)3-14-2-6(4-15)1-8(14)17/h6,15H,1-5H2,(H,13,16). The second-order valence-electron chi connectivity index (χ2n) is 3.92. The minimum atomic E-state index is -4.46. The maximum absolute atomic E-state index is 11.8. The molecule has 8 heteroatoms. The van der Waals surface area contributed by atoms with Gasteiger partial charge < -0.3 is 15.3 Å². The number of nitrogens with one attached hydrogen (secondary N) is 1. The lowest BCUT2D eigenvalue weighted by atomic mass is 10.1. The lowest BCUT2D eigenvalue weighted by Gasteiger charge is -2.16. The Morgan fingerprint density at radius 2 is 2.18 bits per heavy atom. The molecule has 1 saturated heterocycles. The fraction of sp³-hybridized carbons (Fsp3) is 0.778. The van der Waals surface area contributed by atoms with Crippen molar-refractivity contribution < 1.29 is 27.9 Å². The number of rotatable bonds is 4. The van der Waals surface area contributed by atoms with Crippen LogP contribution in [0.4, 0.5) is 13.2 Å². The van der Waals surface area contributed by atoms with Gasteiger partial charge in [0.05, 0.1) is 6.54 Å². The van der Waals surface area contributed by atoms with Gasteiger partial charge in [-0.3, -0.25) is 9.59 Å². The molecule has 98 valence electrons. The predicted octanol–water partition coefficient (Wildman–Crippen LogP) is -0.494. The van der Waals surface area contributed by atoms with Crippen molar-refractivity contribution in [2.24, 2.45) is 5.92 Å². The summed E-state index contributed by atoms with van der Waals surface area (Å²) in [6.45, 7) is -1.77. The third-order valence-electron chi connectivity index (χ3n) is 2.37. The molecule has 17 heavy (non-hydrogen) atoms. The van der Waals surface area contributed by atoms with E-state index in [1.54, 1.807) is 5.32 Å². The van der Waals surface area contributed by atoms with Gasteiger partial charge in [-0.05, 0) is 0 Å². The van der Waals surface area contributed by atoms with Gasteiger partial charge in [-0.2, -0.15) is 13.2 Å². The molecule has 1 aliphatic rings. The predicted molar refractivity (Wildman–Crippen MR) is 50.8 cm³/mol. The van der Waals surface area contributed by atoms with Crippen molar-refractivity contribution in [3.63, 3.8) is 0 Å². The molecule has 0 aromatic rings. The Morgan fingerprint density at radius 1 is 1.53 bits per heavy atom. The van der Waals surface area contributed by atoms with Crippen molar-refractivity contribution in [3.05, 3.63) is 0 Å². The maximum Gasteiger partial charge on any atom is 0.405 e. The van der Waals surface area contributed by atoms with E-state index < -0.39 is 25.2 Å². The molecule has 2 amide bonds. The third-order valence-corrected chi connectivity index (χ3v) is 2.37. The van der Waals surface area contributed by atoms with E-state index in [4.69, 9.17) is 5.11 Å². The Hall–Kier alpha value is -1.31. The topological polar surface area (TPSA) is 69.6 Å². The summed E-state index contributed by atoms with van der Waals surface area (Å²) < 4.78 is 35.4. The van der Waals surface area contributed by atoms with E-state index in [2.05, 4.69) is 0 Å². The smallest absolute Gasteiger partial charge is 0.396 e. The summed E-state index contributed by atoms with van der Waals surface area (Å²) in [6, 6.07) is 0. The number of nitrogens with zero attached hydrogens (tertiary/aromatic N) is 1. The number of aliphatic hydroxyl groups is 1. The van der Waals surface area contributed by atoms with Crippen LogP contribution in [-0.2, 0) is 9.59 Å². The van der Waals surface area contributed by atoms with Crippen LogP contribution in [-0.4, -0.2) is 54.2 Å². The molecule has 0 aliphatic carbocycles. The van der Waals surface area contributed by atoms with Crippen LogP contribution in [0.2, 0.25) is 0 Å². The first-order valence-corrected chi connectivity index (χ1v) is 5.04. The highest BCUT2D eigenvalue weighted by molar-refractivity contribution is 5.86. The van der Waals surface area contributed by atoms with Gasteiger partial charge in [-0.1, -0.05) is 0 Å². The molecule has 1 rings (SSSR count). The highest BCUT2D eigenvalue weighted by Crippen LogP contribution is 2.16. The Morgan fingerprint density at radius 3 is 2.65 bits per heavy atom. The molecule has 0 bridgehead atoms. The molecule has 0 aromatic carbocycles. The van der Waals surface area contributed by atoms with Gasteiger partial charge in [0.2, 0.25) is 11.8 Å². The summed E-state index contributed by atoms with van der Waals surface area (Å²) in [5, 5.41) is 10.5. The van der Waals surface area contributed by atoms with Crippen LogP contribution in [0.5, 0.6) is 0 Å². The fourth-order valence-corrected chi connectivity index (χ4v) is 1.56. The second-order valence-corrected chi connectivity index (χ2v) is 3.92. The average Bonchev–Trinajstić information content (AvgIpc) is 2.56. The summed E-state index contributed by atoms with van der Waals surface area (Å²) >= 11 is 0. The molecular weight excluding hydrogens is 241 g/mol.